The van der Waals surface area contributed by atoms with Gasteiger partial charge in [0, 0.05) is 24.9 Å². The van der Waals surface area contributed by atoms with Gasteiger partial charge in [0.05, 0.1) is 16.1 Å². The van der Waals surface area contributed by atoms with Crippen LogP contribution in [0.4, 0.5) is 17.3 Å². The second-order valence-corrected chi connectivity index (χ2v) is 6.71. The van der Waals surface area contributed by atoms with E-state index in [1.54, 1.807) is 25.6 Å². The van der Waals surface area contributed by atoms with Crippen molar-refractivity contribution in [3.05, 3.63) is 40.6 Å². The summed E-state index contributed by atoms with van der Waals surface area (Å²) in [5.41, 5.74) is 0.828. The van der Waals surface area contributed by atoms with Crippen LogP contribution in [0.3, 0.4) is 0 Å². The van der Waals surface area contributed by atoms with Crippen molar-refractivity contribution in [3.8, 4) is 0 Å². The van der Waals surface area contributed by atoms with Gasteiger partial charge in [-0.1, -0.05) is 23.2 Å². The Morgan fingerprint density at radius 3 is 2.46 bits per heavy atom. The number of hydrogen-bond acceptors (Lipinski definition) is 5. The van der Waals surface area contributed by atoms with Gasteiger partial charge in [0.25, 0.3) is 0 Å². The average Bonchev–Trinajstić information content (AvgIpc) is 2.59. The van der Waals surface area contributed by atoms with Crippen molar-refractivity contribution in [2.24, 2.45) is 0 Å². The van der Waals surface area contributed by atoms with Gasteiger partial charge in [-0.2, -0.15) is 0 Å². The molecule has 1 heterocycles. The molecule has 0 amide bonds. The lowest BCUT2D eigenvalue weighted by atomic mass is 9.93. The number of halogens is 2. The zero-order valence-electron chi connectivity index (χ0n) is 13.4. The standard InChI is InChI=1S/C17H20Cl2N4O/c1-24-13-5-2-11(3-6-13)22-16-9-17(21-10-20-16)23-12-4-7-14(18)15(19)8-12/h4,7-11,13H,2-3,5-6H2,1H3,(H2,20,21,22,23). The zero-order chi connectivity index (χ0) is 16.9. The van der Waals surface area contributed by atoms with Crippen LogP contribution in [0.25, 0.3) is 0 Å². The van der Waals surface area contributed by atoms with Gasteiger partial charge in [-0.15, -0.1) is 0 Å². The Hall–Kier alpha value is -1.56. The zero-order valence-corrected chi connectivity index (χ0v) is 14.9. The quantitative estimate of drug-likeness (QED) is 0.788. The molecular weight excluding hydrogens is 347 g/mol. The third-order valence-electron chi connectivity index (χ3n) is 4.22. The number of nitrogens with one attached hydrogen (secondary N) is 2. The summed E-state index contributed by atoms with van der Waals surface area (Å²) < 4.78 is 5.41. The Balaban J connectivity index is 1.62. The molecule has 0 aliphatic heterocycles. The Labute approximate surface area is 151 Å². The van der Waals surface area contributed by atoms with Crippen molar-refractivity contribution >= 4 is 40.5 Å². The minimum absolute atomic E-state index is 0.389. The van der Waals surface area contributed by atoms with Crippen LogP contribution in [0.15, 0.2) is 30.6 Å². The second-order valence-electron chi connectivity index (χ2n) is 5.90. The molecule has 1 aromatic heterocycles. The Morgan fingerprint density at radius 2 is 1.75 bits per heavy atom. The van der Waals surface area contributed by atoms with Gasteiger partial charge in [-0.05, 0) is 43.9 Å². The molecule has 5 nitrogen and oxygen atoms in total. The van der Waals surface area contributed by atoms with E-state index in [1.807, 2.05) is 12.1 Å². The number of benzene rings is 1. The van der Waals surface area contributed by atoms with E-state index in [0.29, 0.717) is 28.0 Å². The molecule has 0 unspecified atom stereocenters. The van der Waals surface area contributed by atoms with E-state index in [0.717, 1.165) is 37.2 Å². The predicted octanol–water partition coefficient (Wildman–Crippen LogP) is 4.90. The fourth-order valence-corrected chi connectivity index (χ4v) is 3.18. The van der Waals surface area contributed by atoms with Crippen LogP contribution in [0, 0.1) is 0 Å². The summed E-state index contributed by atoms with van der Waals surface area (Å²) in [5.74, 6) is 1.52. The smallest absolute Gasteiger partial charge is 0.135 e. The molecule has 0 radical (unpaired) electrons. The van der Waals surface area contributed by atoms with Gasteiger partial charge in [0.1, 0.15) is 18.0 Å². The van der Waals surface area contributed by atoms with E-state index in [2.05, 4.69) is 20.6 Å². The van der Waals surface area contributed by atoms with Crippen LogP contribution >= 0.6 is 23.2 Å². The molecule has 1 aliphatic carbocycles. The molecule has 2 N–H and O–H groups in total. The van der Waals surface area contributed by atoms with Crippen molar-refractivity contribution in [1.82, 2.24) is 9.97 Å². The highest BCUT2D eigenvalue weighted by molar-refractivity contribution is 6.42. The summed E-state index contributed by atoms with van der Waals surface area (Å²) in [6.45, 7) is 0. The summed E-state index contributed by atoms with van der Waals surface area (Å²) in [7, 11) is 1.78. The van der Waals surface area contributed by atoms with Crippen molar-refractivity contribution in [3.63, 3.8) is 0 Å². The lowest BCUT2D eigenvalue weighted by Crippen LogP contribution is -2.29. The first-order valence-corrected chi connectivity index (χ1v) is 8.73. The Kier molecular flexibility index (Phi) is 5.76. The van der Waals surface area contributed by atoms with E-state index in [-0.39, 0.29) is 0 Å². The highest BCUT2D eigenvalue weighted by Gasteiger charge is 2.20. The second kappa shape index (κ2) is 8.01. The van der Waals surface area contributed by atoms with Crippen LogP contribution < -0.4 is 10.6 Å². The summed E-state index contributed by atoms with van der Waals surface area (Å²) in [6, 6.07) is 7.69. The van der Waals surface area contributed by atoms with E-state index in [9.17, 15) is 0 Å². The van der Waals surface area contributed by atoms with E-state index in [1.165, 1.54) is 0 Å². The number of rotatable bonds is 5. The molecule has 0 bridgehead atoms. The van der Waals surface area contributed by atoms with Crippen LogP contribution in [-0.2, 0) is 4.74 Å². The van der Waals surface area contributed by atoms with E-state index in [4.69, 9.17) is 27.9 Å². The maximum atomic E-state index is 6.04. The van der Waals surface area contributed by atoms with Gasteiger partial charge < -0.3 is 15.4 Å². The maximum Gasteiger partial charge on any atom is 0.135 e. The lowest BCUT2D eigenvalue weighted by molar-refractivity contribution is 0.0681. The number of nitrogens with zero attached hydrogens (tertiary/aromatic N) is 2. The first-order valence-electron chi connectivity index (χ1n) is 7.97. The van der Waals surface area contributed by atoms with E-state index >= 15 is 0 Å². The average molecular weight is 367 g/mol. The molecule has 1 aliphatic rings. The summed E-state index contributed by atoms with van der Waals surface area (Å²) in [4.78, 5) is 8.55. The normalized spacial score (nSPS) is 20.6. The third-order valence-corrected chi connectivity index (χ3v) is 4.96. The van der Waals surface area contributed by atoms with Gasteiger partial charge >= 0.3 is 0 Å². The first-order chi connectivity index (χ1) is 11.6. The molecule has 0 atom stereocenters. The summed E-state index contributed by atoms with van der Waals surface area (Å²) >= 11 is 12.0. The van der Waals surface area contributed by atoms with Crippen molar-refractivity contribution in [2.75, 3.05) is 17.7 Å². The van der Waals surface area contributed by atoms with Crippen LogP contribution in [0.2, 0.25) is 10.0 Å². The molecular formula is C17H20Cl2N4O. The number of anilines is 3. The largest absolute Gasteiger partial charge is 0.381 e. The third kappa shape index (κ3) is 4.50. The molecule has 128 valence electrons. The number of hydrogen-bond donors (Lipinski definition) is 2. The number of ether oxygens (including phenoxy) is 1. The molecule has 7 heteroatoms. The van der Waals surface area contributed by atoms with Gasteiger partial charge in [0.15, 0.2) is 0 Å². The van der Waals surface area contributed by atoms with Crippen LogP contribution in [-0.4, -0.2) is 29.2 Å². The highest BCUT2D eigenvalue weighted by Crippen LogP contribution is 2.27. The molecule has 1 aromatic carbocycles. The van der Waals surface area contributed by atoms with Crippen molar-refractivity contribution in [2.45, 2.75) is 37.8 Å². The van der Waals surface area contributed by atoms with Crippen molar-refractivity contribution in [1.29, 1.82) is 0 Å². The topological polar surface area (TPSA) is 59.1 Å². The van der Waals surface area contributed by atoms with Crippen molar-refractivity contribution < 1.29 is 4.74 Å². The lowest BCUT2D eigenvalue weighted by Gasteiger charge is -2.28. The van der Waals surface area contributed by atoms with Gasteiger partial charge in [-0.3, -0.25) is 0 Å². The number of aromatic nitrogens is 2. The van der Waals surface area contributed by atoms with Crippen LogP contribution in [0.1, 0.15) is 25.7 Å². The first kappa shape index (κ1) is 17.3. The fourth-order valence-electron chi connectivity index (χ4n) is 2.88. The predicted molar refractivity (Wildman–Crippen MR) is 98.5 cm³/mol. The maximum absolute atomic E-state index is 6.04. The summed E-state index contributed by atoms with van der Waals surface area (Å²) in [6.07, 6.45) is 6.25. The minimum atomic E-state index is 0.389. The Morgan fingerprint density at radius 1 is 1.00 bits per heavy atom. The Bertz CT molecular complexity index is 690. The minimum Gasteiger partial charge on any atom is -0.381 e. The summed E-state index contributed by atoms with van der Waals surface area (Å²) in [5, 5.41) is 7.72. The fraction of sp³-hybridized carbons (Fsp3) is 0.412. The van der Waals surface area contributed by atoms with Gasteiger partial charge in [0.2, 0.25) is 0 Å². The van der Waals surface area contributed by atoms with Gasteiger partial charge in [-0.25, -0.2) is 9.97 Å². The number of methoxy groups -OCH3 is 1. The molecule has 2 aromatic rings. The molecule has 3 rings (SSSR count). The highest BCUT2D eigenvalue weighted by atomic mass is 35.5. The molecule has 0 spiro atoms. The van der Waals surface area contributed by atoms with E-state index < -0.39 is 0 Å². The SMILES string of the molecule is COC1CCC(Nc2cc(Nc3ccc(Cl)c(Cl)c3)ncn2)CC1. The molecule has 1 saturated carbocycles. The monoisotopic (exact) mass is 366 g/mol. The molecule has 1 fully saturated rings. The molecule has 0 saturated heterocycles. The van der Waals surface area contributed by atoms with Crippen LogP contribution in [0.5, 0.6) is 0 Å². The molecule has 24 heavy (non-hydrogen) atoms.